The number of anilines is 2. The Balaban J connectivity index is 1.78. The van der Waals surface area contributed by atoms with Gasteiger partial charge in [-0.2, -0.15) is 4.98 Å². The zero-order valence-corrected chi connectivity index (χ0v) is 13.8. The van der Waals surface area contributed by atoms with E-state index >= 15 is 0 Å². The minimum atomic E-state index is -0.334. The highest BCUT2D eigenvalue weighted by atomic mass is 16.5. The Hall–Kier alpha value is -3.42. The van der Waals surface area contributed by atoms with Gasteiger partial charge in [-0.25, -0.2) is 4.52 Å². The first-order valence-electron chi connectivity index (χ1n) is 7.57. The summed E-state index contributed by atoms with van der Waals surface area (Å²) >= 11 is 0. The number of carbonyl (C=O) groups is 2. The van der Waals surface area contributed by atoms with Crippen molar-refractivity contribution in [2.45, 2.75) is 0 Å². The molecule has 0 aliphatic rings. The van der Waals surface area contributed by atoms with Gasteiger partial charge in [-0.15, -0.1) is 5.10 Å². The van der Waals surface area contributed by atoms with Crippen molar-refractivity contribution in [1.29, 1.82) is 0 Å². The van der Waals surface area contributed by atoms with E-state index in [1.807, 2.05) is 6.07 Å². The monoisotopic (exact) mass is 339 g/mol. The van der Waals surface area contributed by atoms with Gasteiger partial charge in [0.05, 0.1) is 7.11 Å². The summed E-state index contributed by atoms with van der Waals surface area (Å²) in [6.45, 7) is 0.123. The van der Waals surface area contributed by atoms with Crippen LogP contribution in [0, 0.1) is 0 Å². The fourth-order valence-electron chi connectivity index (χ4n) is 2.27. The molecule has 1 N–H and O–H groups in total. The summed E-state index contributed by atoms with van der Waals surface area (Å²) in [6.07, 6.45) is 1.71. The van der Waals surface area contributed by atoms with Gasteiger partial charge >= 0.3 is 5.97 Å². The van der Waals surface area contributed by atoms with Crippen LogP contribution < -0.4 is 10.2 Å². The summed E-state index contributed by atoms with van der Waals surface area (Å²) in [5.41, 5.74) is 1.86. The number of likely N-dealkylation sites (N-methyl/N-ethyl adjacent to an activating group) is 1. The molecule has 0 saturated carbocycles. The van der Waals surface area contributed by atoms with E-state index in [2.05, 4.69) is 20.1 Å². The Labute approximate surface area is 144 Å². The molecular weight excluding hydrogens is 322 g/mol. The van der Waals surface area contributed by atoms with Crippen LogP contribution in [-0.4, -0.2) is 47.2 Å². The van der Waals surface area contributed by atoms with E-state index in [-0.39, 0.29) is 24.4 Å². The standard InChI is InChI=1S/C17H17N5O3/c1-21(11-15(23)25-2)13-8-9-22-14(10-13)18-17(20-22)19-16(24)12-6-4-3-5-7-12/h3-10H,11H2,1-2H3,(H,19,20,24). The lowest BCUT2D eigenvalue weighted by atomic mass is 10.2. The van der Waals surface area contributed by atoms with Crippen molar-refractivity contribution in [3.63, 3.8) is 0 Å². The number of hydrogen-bond donors (Lipinski definition) is 1. The number of pyridine rings is 1. The molecule has 128 valence electrons. The van der Waals surface area contributed by atoms with Gasteiger partial charge < -0.3 is 9.64 Å². The maximum absolute atomic E-state index is 12.2. The summed E-state index contributed by atoms with van der Waals surface area (Å²) in [6, 6.07) is 12.4. The van der Waals surface area contributed by atoms with Gasteiger partial charge in [0.25, 0.3) is 5.91 Å². The van der Waals surface area contributed by atoms with E-state index in [9.17, 15) is 9.59 Å². The molecule has 0 aliphatic heterocycles. The number of methoxy groups -OCH3 is 1. The summed E-state index contributed by atoms with van der Waals surface area (Å²) in [5.74, 6) is -0.402. The Bertz CT molecular complexity index is 907. The van der Waals surface area contributed by atoms with Crippen molar-refractivity contribution in [3.8, 4) is 0 Å². The SMILES string of the molecule is COC(=O)CN(C)c1ccn2nc(NC(=O)c3ccccc3)nc2c1. The van der Waals surface area contributed by atoms with Gasteiger partial charge in [0.1, 0.15) is 6.54 Å². The lowest BCUT2D eigenvalue weighted by Gasteiger charge is -2.17. The number of fused-ring (bicyclic) bond motifs is 1. The van der Waals surface area contributed by atoms with Crippen LogP contribution in [0.15, 0.2) is 48.7 Å². The van der Waals surface area contributed by atoms with Crippen molar-refractivity contribution in [2.75, 3.05) is 30.9 Å². The van der Waals surface area contributed by atoms with Crippen molar-refractivity contribution in [2.24, 2.45) is 0 Å². The zero-order chi connectivity index (χ0) is 17.8. The van der Waals surface area contributed by atoms with Gasteiger partial charge in [-0.3, -0.25) is 14.9 Å². The molecule has 0 radical (unpaired) electrons. The van der Waals surface area contributed by atoms with Gasteiger partial charge in [-0.1, -0.05) is 18.2 Å². The Kier molecular flexibility index (Phi) is 4.60. The molecule has 0 unspecified atom stereocenters. The molecule has 2 aromatic heterocycles. The molecule has 0 spiro atoms. The topological polar surface area (TPSA) is 88.8 Å². The normalized spacial score (nSPS) is 10.5. The number of nitrogens with zero attached hydrogens (tertiary/aromatic N) is 4. The first-order chi connectivity index (χ1) is 12.1. The van der Waals surface area contributed by atoms with Crippen molar-refractivity contribution >= 4 is 29.2 Å². The smallest absolute Gasteiger partial charge is 0.325 e. The average molecular weight is 339 g/mol. The molecule has 8 nitrogen and oxygen atoms in total. The van der Waals surface area contributed by atoms with Gasteiger partial charge in [0.15, 0.2) is 5.65 Å². The predicted molar refractivity (Wildman–Crippen MR) is 92.7 cm³/mol. The summed E-state index contributed by atoms with van der Waals surface area (Å²) < 4.78 is 6.21. The van der Waals surface area contributed by atoms with E-state index in [1.54, 1.807) is 59.1 Å². The second-order valence-corrected chi connectivity index (χ2v) is 5.38. The summed E-state index contributed by atoms with van der Waals surface area (Å²) in [4.78, 5) is 29.6. The third-order valence-corrected chi connectivity index (χ3v) is 3.62. The number of carbonyl (C=O) groups excluding carboxylic acids is 2. The number of rotatable bonds is 5. The predicted octanol–water partition coefficient (Wildman–Crippen LogP) is 1.59. The molecule has 0 fully saturated rings. The van der Waals surface area contributed by atoms with Crippen LogP contribution in [0.25, 0.3) is 5.65 Å². The zero-order valence-electron chi connectivity index (χ0n) is 13.8. The average Bonchev–Trinajstić information content (AvgIpc) is 3.03. The third-order valence-electron chi connectivity index (χ3n) is 3.62. The quantitative estimate of drug-likeness (QED) is 0.710. The highest BCUT2D eigenvalue weighted by Gasteiger charge is 2.12. The molecule has 1 amide bonds. The fourth-order valence-corrected chi connectivity index (χ4v) is 2.27. The molecular formula is C17H17N5O3. The second kappa shape index (κ2) is 7.00. The maximum Gasteiger partial charge on any atom is 0.325 e. The molecule has 1 aromatic carbocycles. The number of hydrogen-bond acceptors (Lipinski definition) is 6. The van der Waals surface area contributed by atoms with Crippen LogP contribution in [0.2, 0.25) is 0 Å². The Morgan fingerprint density at radius 3 is 2.72 bits per heavy atom. The molecule has 2 heterocycles. The van der Waals surface area contributed by atoms with E-state index in [0.717, 1.165) is 5.69 Å². The highest BCUT2D eigenvalue weighted by Crippen LogP contribution is 2.16. The lowest BCUT2D eigenvalue weighted by Crippen LogP contribution is -2.26. The minimum absolute atomic E-state index is 0.123. The molecule has 3 rings (SSSR count). The first-order valence-corrected chi connectivity index (χ1v) is 7.57. The van der Waals surface area contributed by atoms with Gasteiger partial charge in [0, 0.05) is 30.6 Å². The number of esters is 1. The summed E-state index contributed by atoms with van der Waals surface area (Å²) in [7, 11) is 3.12. The Morgan fingerprint density at radius 1 is 1.24 bits per heavy atom. The van der Waals surface area contributed by atoms with E-state index < -0.39 is 0 Å². The van der Waals surface area contributed by atoms with Crippen molar-refractivity contribution < 1.29 is 14.3 Å². The lowest BCUT2D eigenvalue weighted by molar-refractivity contribution is -0.138. The van der Waals surface area contributed by atoms with Crippen LogP contribution in [0.5, 0.6) is 0 Å². The largest absolute Gasteiger partial charge is 0.468 e. The summed E-state index contributed by atoms with van der Waals surface area (Å²) in [5, 5.41) is 6.89. The molecule has 8 heteroatoms. The fraction of sp³-hybridized carbons (Fsp3) is 0.176. The molecule has 25 heavy (non-hydrogen) atoms. The molecule has 3 aromatic rings. The minimum Gasteiger partial charge on any atom is -0.468 e. The van der Waals surface area contributed by atoms with E-state index in [0.29, 0.717) is 11.2 Å². The first kappa shape index (κ1) is 16.4. The van der Waals surface area contributed by atoms with Gasteiger partial charge in [-0.05, 0) is 18.2 Å². The number of benzene rings is 1. The Morgan fingerprint density at radius 2 is 2.00 bits per heavy atom. The number of amides is 1. The number of ether oxygens (including phenoxy) is 1. The van der Waals surface area contributed by atoms with Crippen LogP contribution >= 0.6 is 0 Å². The van der Waals surface area contributed by atoms with E-state index in [4.69, 9.17) is 0 Å². The third kappa shape index (κ3) is 3.74. The molecule has 0 aliphatic carbocycles. The van der Waals surface area contributed by atoms with Crippen LogP contribution in [0.3, 0.4) is 0 Å². The highest BCUT2D eigenvalue weighted by molar-refractivity contribution is 6.03. The van der Waals surface area contributed by atoms with Crippen molar-refractivity contribution in [3.05, 3.63) is 54.2 Å². The van der Waals surface area contributed by atoms with Crippen LogP contribution in [0.1, 0.15) is 10.4 Å². The maximum atomic E-state index is 12.2. The van der Waals surface area contributed by atoms with Crippen molar-refractivity contribution in [1.82, 2.24) is 14.6 Å². The number of aromatic nitrogens is 3. The molecule has 0 bridgehead atoms. The molecule has 0 saturated heterocycles. The second-order valence-electron chi connectivity index (χ2n) is 5.38. The van der Waals surface area contributed by atoms with E-state index in [1.165, 1.54) is 7.11 Å². The van der Waals surface area contributed by atoms with Crippen LogP contribution in [-0.2, 0) is 9.53 Å². The van der Waals surface area contributed by atoms with Crippen LogP contribution in [0.4, 0.5) is 11.6 Å². The molecule has 0 atom stereocenters. The number of nitrogens with one attached hydrogen (secondary N) is 1. The van der Waals surface area contributed by atoms with Gasteiger partial charge in [0.2, 0.25) is 5.95 Å².